The minimum absolute atomic E-state index is 0. The largest absolute Gasteiger partial charge is 1.00 e. The summed E-state index contributed by atoms with van der Waals surface area (Å²) in [5.74, 6) is 0. The molecule has 0 spiro atoms. The predicted octanol–water partition coefficient (Wildman–Crippen LogP) is -8.02. The van der Waals surface area contributed by atoms with Crippen LogP contribution in [0, 0.1) is 0 Å². The Morgan fingerprint density at radius 1 is 1.14 bits per heavy atom. The molecule has 0 fully saturated rings. The Balaban J connectivity index is -0.0000000150. The van der Waals surface area contributed by atoms with E-state index in [4.69, 9.17) is 15.0 Å². The summed E-state index contributed by atoms with van der Waals surface area (Å²) in [6.07, 6.45) is -2.33. The van der Waals surface area contributed by atoms with Gasteiger partial charge in [-0.05, 0) is 6.16 Å². The molecule has 0 unspecified atom stereocenters. The summed E-state index contributed by atoms with van der Waals surface area (Å²) in [4.78, 5) is 8.33. The molecule has 0 aliphatic rings. The van der Waals surface area contributed by atoms with Gasteiger partial charge in [0.1, 0.15) is 0 Å². The van der Waals surface area contributed by atoms with E-state index in [1.54, 1.807) is 0 Å². The van der Waals surface area contributed by atoms with Crippen LogP contribution >= 0.6 is 12.4 Å². The summed E-state index contributed by atoms with van der Waals surface area (Å²) in [5, 5.41) is 16.7. The van der Waals surface area contributed by atoms with E-state index in [1.807, 2.05) is 0 Å². The first kappa shape index (κ1) is 22.4. The summed E-state index contributed by atoms with van der Waals surface area (Å²) in [6, 6.07) is 0. The first-order valence-corrected chi connectivity index (χ1v) is 0.612. The van der Waals surface area contributed by atoms with E-state index in [0.29, 0.717) is 0 Å². The van der Waals surface area contributed by atoms with Crippen molar-refractivity contribution in [1.82, 2.24) is 0 Å². The van der Waals surface area contributed by atoms with Crippen molar-refractivity contribution in [2.45, 2.75) is 0 Å². The zero-order valence-corrected chi connectivity index (χ0v) is 17.5. The molecule has 0 aromatic rings. The normalized spacial score (nSPS) is 3.43. The summed E-state index contributed by atoms with van der Waals surface area (Å²) in [5.41, 5.74) is 0. The van der Waals surface area contributed by atoms with Crippen LogP contribution in [0.1, 0.15) is 0 Å². The topological polar surface area (TPSA) is 63.2 Å². The van der Waals surface area contributed by atoms with Crippen LogP contribution in [0.2, 0.25) is 0 Å². The van der Waals surface area contributed by atoms with Crippen LogP contribution < -0.4 is 148 Å². The minimum Gasteiger partial charge on any atom is -0.652 e. The van der Waals surface area contributed by atoms with E-state index in [1.165, 1.54) is 0 Å². The van der Waals surface area contributed by atoms with E-state index >= 15 is 0 Å². The predicted molar refractivity (Wildman–Crippen MR) is 12.6 cm³/mol. The Hall–Kier alpha value is 3.66. The van der Waals surface area contributed by atoms with Gasteiger partial charge in [-0.1, -0.05) is 0 Å². The number of carbonyl (C=O) groups is 1. The second-order valence-corrected chi connectivity index (χ2v) is 0.250. The third-order valence-electron chi connectivity index (χ3n) is 0. The SMILES string of the molecule is Cl.O=C([O-])[O-].[Cs+].[Cs+]. The van der Waals surface area contributed by atoms with Gasteiger partial charge in [-0.3, -0.25) is 0 Å². The van der Waals surface area contributed by atoms with Gasteiger partial charge in [-0.25, -0.2) is 0 Å². The molecule has 0 aliphatic heterocycles. The van der Waals surface area contributed by atoms with Crippen LogP contribution in [0.25, 0.3) is 0 Å². The van der Waals surface area contributed by atoms with Crippen LogP contribution in [-0.2, 0) is 0 Å². The molecule has 0 bridgehead atoms. The maximum Gasteiger partial charge on any atom is 1.00 e. The molecule has 0 radical (unpaired) electrons. The summed E-state index contributed by atoms with van der Waals surface area (Å²) in [6.45, 7) is 0. The fraction of sp³-hybridized carbons (Fsp3) is 0. The fourth-order valence-electron chi connectivity index (χ4n) is 0. The number of hydrogen-bond donors (Lipinski definition) is 0. The van der Waals surface area contributed by atoms with Crippen molar-refractivity contribution in [3.8, 4) is 0 Å². The monoisotopic (exact) mass is 362 g/mol. The van der Waals surface area contributed by atoms with Crippen LogP contribution in [0.15, 0.2) is 0 Å². The number of hydrogen-bond acceptors (Lipinski definition) is 3. The van der Waals surface area contributed by atoms with Crippen molar-refractivity contribution in [2.75, 3.05) is 0 Å². The van der Waals surface area contributed by atoms with Gasteiger partial charge >= 0.3 is 138 Å². The average molecular weight is 362 g/mol. The van der Waals surface area contributed by atoms with Crippen molar-refractivity contribution in [3.63, 3.8) is 0 Å². The van der Waals surface area contributed by atoms with E-state index < -0.39 is 6.16 Å². The molecule has 0 rings (SSSR count). The van der Waals surface area contributed by atoms with Crippen LogP contribution in [0.3, 0.4) is 0 Å². The molecule has 0 aliphatic carbocycles. The summed E-state index contributed by atoms with van der Waals surface area (Å²) in [7, 11) is 0. The maximum atomic E-state index is 8.33. The van der Waals surface area contributed by atoms with E-state index in [0.717, 1.165) is 0 Å². The standard InChI is InChI=1S/CH2O3.ClH.2Cs/c2-1(3)4;;;/h(H2,2,3,4);1H;;/q;;2*+1/p-2. The molecule has 0 atom stereocenters. The number of carbonyl (C=O) groups excluding carboxylic acids is 1. The van der Waals surface area contributed by atoms with Crippen molar-refractivity contribution in [2.24, 2.45) is 0 Å². The maximum absolute atomic E-state index is 8.33. The molecule has 0 aromatic carbocycles. The Bertz CT molecular complexity index is 35.9. The average Bonchev–Trinajstić information content (AvgIpc) is 0.811. The molecule has 0 aromatic heterocycles. The smallest absolute Gasteiger partial charge is 0.652 e. The third kappa shape index (κ3) is 42.3. The molecular formula is CHClCs2O3. The Morgan fingerprint density at radius 3 is 1.14 bits per heavy atom. The molecule has 0 heterocycles. The fourth-order valence-corrected chi connectivity index (χ4v) is 0. The second-order valence-electron chi connectivity index (χ2n) is 0.250. The van der Waals surface area contributed by atoms with Gasteiger partial charge < -0.3 is 15.0 Å². The molecule has 32 valence electrons. The van der Waals surface area contributed by atoms with E-state index in [9.17, 15) is 0 Å². The molecule has 0 saturated carbocycles. The molecule has 0 amide bonds. The molecule has 0 N–H and O–H groups in total. The van der Waals surface area contributed by atoms with Crippen LogP contribution in [0.5, 0.6) is 0 Å². The number of carboxylic acid groups (broad SMARTS) is 2. The van der Waals surface area contributed by atoms with Crippen LogP contribution in [0.4, 0.5) is 4.79 Å². The first-order chi connectivity index (χ1) is 1.73. The Kier molecular flexibility index (Phi) is 52.3. The van der Waals surface area contributed by atoms with Crippen LogP contribution in [-0.4, -0.2) is 6.16 Å². The first-order valence-electron chi connectivity index (χ1n) is 0.612. The molecular weight excluding hydrogens is 361 g/mol. The van der Waals surface area contributed by atoms with E-state index in [-0.39, 0.29) is 150 Å². The van der Waals surface area contributed by atoms with Gasteiger partial charge in [0.2, 0.25) is 0 Å². The minimum atomic E-state index is -2.33. The van der Waals surface area contributed by atoms with Gasteiger partial charge in [0.25, 0.3) is 0 Å². The number of rotatable bonds is 0. The van der Waals surface area contributed by atoms with Gasteiger partial charge in [0.15, 0.2) is 0 Å². The second kappa shape index (κ2) is 16.3. The van der Waals surface area contributed by atoms with E-state index in [2.05, 4.69) is 0 Å². The van der Waals surface area contributed by atoms with Crippen molar-refractivity contribution in [3.05, 3.63) is 0 Å². The van der Waals surface area contributed by atoms with Crippen molar-refractivity contribution in [1.29, 1.82) is 0 Å². The Morgan fingerprint density at radius 2 is 1.14 bits per heavy atom. The van der Waals surface area contributed by atoms with Gasteiger partial charge in [0, 0.05) is 0 Å². The Labute approximate surface area is 165 Å². The zero-order valence-electron chi connectivity index (χ0n) is 4.13. The molecule has 6 heteroatoms. The quantitative estimate of drug-likeness (QED) is 0.430. The van der Waals surface area contributed by atoms with Crippen molar-refractivity contribution < 1.29 is 153 Å². The molecule has 3 nitrogen and oxygen atoms in total. The summed E-state index contributed by atoms with van der Waals surface area (Å²) >= 11 is 0. The molecule has 7 heavy (non-hydrogen) atoms. The summed E-state index contributed by atoms with van der Waals surface area (Å²) < 4.78 is 0. The third-order valence-corrected chi connectivity index (χ3v) is 0. The van der Waals surface area contributed by atoms with Gasteiger partial charge in [0.05, 0.1) is 0 Å². The zero-order chi connectivity index (χ0) is 3.58. The van der Waals surface area contributed by atoms with Gasteiger partial charge in [-0.15, -0.1) is 12.4 Å². The van der Waals surface area contributed by atoms with Crippen molar-refractivity contribution >= 4 is 18.6 Å². The molecule has 0 saturated heterocycles. The van der Waals surface area contributed by atoms with Gasteiger partial charge in [-0.2, -0.15) is 0 Å². The number of halogens is 1.